The Morgan fingerprint density at radius 2 is 1.53 bits per heavy atom. The Bertz CT molecular complexity index is 673. The third-order valence-corrected chi connectivity index (χ3v) is 3.05. The van der Waals surface area contributed by atoms with Gasteiger partial charge in [0.05, 0.1) is 10.0 Å². The molecular formula is C13H7Cl2N4. The van der Waals surface area contributed by atoms with Gasteiger partial charge in [-0.05, 0) is 33.7 Å². The molecule has 0 aliphatic heterocycles. The van der Waals surface area contributed by atoms with Crippen LogP contribution in [0, 0.1) is 6.07 Å². The lowest BCUT2D eigenvalue weighted by Gasteiger charge is -2.04. The molecular weight excluding hydrogens is 283 g/mol. The van der Waals surface area contributed by atoms with Crippen LogP contribution in [-0.2, 0) is 0 Å². The summed E-state index contributed by atoms with van der Waals surface area (Å²) in [7, 11) is 0. The Labute approximate surface area is 119 Å². The molecule has 0 aliphatic carbocycles. The number of halogens is 2. The third kappa shape index (κ3) is 2.59. The predicted octanol–water partition coefficient (Wildman–Crippen LogP) is 3.64. The van der Waals surface area contributed by atoms with Crippen LogP contribution in [-0.4, -0.2) is 20.6 Å². The maximum Gasteiger partial charge on any atom is 0.179 e. The van der Waals surface area contributed by atoms with E-state index >= 15 is 0 Å². The first-order valence-corrected chi connectivity index (χ1v) is 6.21. The van der Waals surface area contributed by atoms with Crippen LogP contribution in [0.5, 0.6) is 0 Å². The molecule has 3 rings (SSSR count). The van der Waals surface area contributed by atoms with Gasteiger partial charge in [0.2, 0.25) is 0 Å². The zero-order valence-corrected chi connectivity index (χ0v) is 11.1. The van der Waals surface area contributed by atoms with Crippen LogP contribution in [0.2, 0.25) is 10.0 Å². The molecule has 3 aromatic rings. The van der Waals surface area contributed by atoms with Crippen molar-refractivity contribution in [1.82, 2.24) is 20.6 Å². The second-order valence-electron chi connectivity index (χ2n) is 3.89. The minimum atomic E-state index is 0.492. The van der Waals surface area contributed by atoms with Crippen molar-refractivity contribution in [3.8, 4) is 22.5 Å². The molecule has 0 bridgehead atoms. The number of rotatable bonds is 2. The van der Waals surface area contributed by atoms with Crippen LogP contribution in [0.3, 0.4) is 0 Å². The van der Waals surface area contributed by atoms with Gasteiger partial charge in [0.25, 0.3) is 0 Å². The van der Waals surface area contributed by atoms with Crippen molar-refractivity contribution in [3.63, 3.8) is 0 Å². The first kappa shape index (κ1) is 12.1. The van der Waals surface area contributed by atoms with Crippen molar-refractivity contribution in [2.75, 3.05) is 0 Å². The van der Waals surface area contributed by atoms with E-state index in [0.717, 1.165) is 16.7 Å². The molecule has 19 heavy (non-hydrogen) atoms. The molecule has 1 radical (unpaired) electrons. The maximum atomic E-state index is 5.94. The second kappa shape index (κ2) is 4.99. The summed E-state index contributed by atoms with van der Waals surface area (Å²) in [6.07, 6.45) is 0. The number of nitrogens with zero attached hydrogens (tertiary/aromatic N) is 3. The van der Waals surface area contributed by atoms with Gasteiger partial charge in [0.15, 0.2) is 5.82 Å². The summed E-state index contributed by atoms with van der Waals surface area (Å²) in [5, 5.41) is 14.6. The van der Waals surface area contributed by atoms with Crippen molar-refractivity contribution in [1.29, 1.82) is 0 Å². The fourth-order valence-electron chi connectivity index (χ4n) is 1.77. The lowest BCUT2D eigenvalue weighted by molar-refractivity contribution is 0.881. The van der Waals surface area contributed by atoms with Gasteiger partial charge in [-0.25, -0.2) is 5.10 Å². The van der Waals surface area contributed by atoms with Gasteiger partial charge < -0.3 is 0 Å². The average molecular weight is 290 g/mol. The van der Waals surface area contributed by atoms with E-state index in [4.69, 9.17) is 23.2 Å². The molecule has 2 aromatic carbocycles. The molecule has 0 saturated heterocycles. The molecule has 1 N–H and O–H groups in total. The number of nitrogens with one attached hydrogen (secondary N) is 1. The largest absolute Gasteiger partial charge is 0.239 e. The number of benzene rings is 2. The second-order valence-corrected chi connectivity index (χ2v) is 4.71. The number of hydrogen-bond donors (Lipinski definition) is 1. The van der Waals surface area contributed by atoms with Crippen LogP contribution in [0.25, 0.3) is 22.5 Å². The van der Waals surface area contributed by atoms with Crippen LogP contribution < -0.4 is 0 Å². The molecule has 6 heteroatoms. The maximum absolute atomic E-state index is 5.94. The standard InChI is InChI=1S/C13H7Cl2N4/c14-11-5-10(6-12(15)7-11)8-1-3-9(4-2-8)13-16-18-19-17-13/h1-6H,(H,16,17,18,19). The molecule has 0 amide bonds. The van der Waals surface area contributed by atoms with E-state index in [1.165, 1.54) is 0 Å². The quantitative estimate of drug-likeness (QED) is 0.784. The molecule has 0 aliphatic rings. The van der Waals surface area contributed by atoms with Gasteiger partial charge >= 0.3 is 0 Å². The summed E-state index contributed by atoms with van der Waals surface area (Å²) in [5.74, 6) is 0.629. The van der Waals surface area contributed by atoms with Crippen LogP contribution >= 0.6 is 23.2 Å². The lowest BCUT2D eigenvalue weighted by atomic mass is 10.0. The molecule has 1 aromatic heterocycles. The summed E-state index contributed by atoms with van der Waals surface area (Å²) >= 11 is 11.9. The van der Waals surface area contributed by atoms with Gasteiger partial charge in [-0.1, -0.05) is 47.5 Å². The number of hydrogen-bond acceptors (Lipinski definition) is 3. The number of aromatic nitrogens is 4. The zero-order chi connectivity index (χ0) is 13.2. The Kier molecular flexibility index (Phi) is 3.19. The van der Waals surface area contributed by atoms with E-state index in [0.29, 0.717) is 15.9 Å². The van der Waals surface area contributed by atoms with E-state index in [2.05, 4.69) is 26.7 Å². The number of tetrazole rings is 1. The highest BCUT2D eigenvalue weighted by Gasteiger charge is 2.04. The van der Waals surface area contributed by atoms with E-state index in [1.807, 2.05) is 36.4 Å². The fourth-order valence-corrected chi connectivity index (χ4v) is 2.26. The summed E-state index contributed by atoms with van der Waals surface area (Å²) in [6, 6.07) is 14.2. The van der Waals surface area contributed by atoms with Gasteiger partial charge in [0, 0.05) is 11.6 Å². The molecule has 0 saturated carbocycles. The van der Waals surface area contributed by atoms with Crippen LogP contribution in [0.4, 0.5) is 0 Å². The Morgan fingerprint density at radius 1 is 0.895 bits per heavy atom. The zero-order valence-electron chi connectivity index (χ0n) is 9.56. The highest BCUT2D eigenvalue weighted by atomic mass is 35.5. The van der Waals surface area contributed by atoms with E-state index < -0.39 is 0 Å². The van der Waals surface area contributed by atoms with E-state index in [-0.39, 0.29) is 0 Å². The molecule has 93 valence electrons. The highest BCUT2D eigenvalue weighted by molar-refractivity contribution is 6.34. The topological polar surface area (TPSA) is 54.5 Å². The van der Waals surface area contributed by atoms with Crippen molar-refractivity contribution in [2.24, 2.45) is 0 Å². The average Bonchev–Trinajstić information content (AvgIpc) is 2.91. The predicted molar refractivity (Wildman–Crippen MR) is 73.9 cm³/mol. The number of H-pyrrole nitrogens is 1. The SMILES string of the molecule is Clc1[c]c(Cl)cc(-c2ccc(-c3nnn[nH]3)cc2)c1. The van der Waals surface area contributed by atoms with Gasteiger partial charge in [-0.15, -0.1) is 5.10 Å². The first-order valence-electron chi connectivity index (χ1n) is 5.45. The minimum Gasteiger partial charge on any atom is -0.239 e. The Balaban J connectivity index is 1.98. The van der Waals surface area contributed by atoms with Crippen molar-refractivity contribution in [3.05, 3.63) is 52.5 Å². The third-order valence-electron chi connectivity index (χ3n) is 2.64. The van der Waals surface area contributed by atoms with Crippen LogP contribution in [0.15, 0.2) is 36.4 Å². The fraction of sp³-hybridized carbons (Fsp3) is 0. The summed E-state index contributed by atoms with van der Waals surface area (Å²) < 4.78 is 0. The molecule has 0 unspecified atom stereocenters. The van der Waals surface area contributed by atoms with Gasteiger partial charge in [-0.2, -0.15) is 0 Å². The van der Waals surface area contributed by atoms with E-state index in [1.54, 1.807) is 0 Å². The van der Waals surface area contributed by atoms with E-state index in [9.17, 15) is 0 Å². The monoisotopic (exact) mass is 289 g/mol. The van der Waals surface area contributed by atoms with Crippen LogP contribution in [0.1, 0.15) is 0 Å². The number of aromatic amines is 1. The molecule has 0 spiro atoms. The Hall–Kier alpha value is -1.91. The van der Waals surface area contributed by atoms with Gasteiger partial charge in [0.1, 0.15) is 0 Å². The van der Waals surface area contributed by atoms with Crippen molar-refractivity contribution >= 4 is 23.2 Å². The van der Waals surface area contributed by atoms with Crippen molar-refractivity contribution < 1.29 is 0 Å². The summed E-state index contributed by atoms with van der Waals surface area (Å²) in [4.78, 5) is 0. The lowest BCUT2D eigenvalue weighted by Crippen LogP contribution is -1.83. The van der Waals surface area contributed by atoms with Gasteiger partial charge in [-0.3, -0.25) is 0 Å². The molecule has 0 atom stereocenters. The minimum absolute atomic E-state index is 0.492. The molecule has 0 fully saturated rings. The smallest absolute Gasteiger partial charge is 0.179 e. The molecule has 1 heterocycles. The first-order chi connectivity index (χ1) is 9.22. The normalized spacial score (nSPS) is 10.6. The highest BCUT2D eigenvalue weighted by Crippen LogP contribution is 2.28. The van der Waals surface area contributed by atoms with Crippen molar-refractivity contribution in [2.45, 2.75) is 0 Å². The Morgan fingerprint density at radius 3 is 2.11 bits per heavy atom. The molecule has 4 nitrogen and oxygen atoms in total. The summed E-state index contributed by atoms with van der Waals surface area (Å²) in [5.41, 5.74) is 2.86. The summed E-state index contributed by atoms with van der Waals surface area (Å²) in [6.45, 7) is 0.